The van der Waals surface area contributed by atoms with Crippen LogP contribution >= 0.6 is 11.6 Å². The van der Waals surface area contributed by atoms with Crippen molar-refractivity contribution in [1.29, 1.82) is 0 Å². The van der Waals surface area contributed by atoms with E-state index in [1.165, 1.54) is 12.8 Å². The molecule has 3 rings (SSSR count). The number of nitrogens with zero attached hydrogens (tertiary/aromatic N) is 3. The number of hydrogen-bond donors (Lipinski definition) is 0. The largest absolute Gasteiger partial charge is 0.351 e. The molecule has 2 heterocycles. The summed E-state index contributed by atoms with van der Waals surface area (Å²) in [5.41, 5.74) is 0. The number of fused-ring (bicyclic) bond motifs is 1. The van der Waals surface area contributed by atoms with E-state index in [0.29, 0.717) is 17.1 Å². The van der Waals surface area contributed by atoms with Gasteiger partial charge >= 0.3 is 0 Å². The lowest BCUT2D eigenvalue weighted by Crippen LogP contribution is -2.34. The molecular weight excluding hydrogens is 258 g/mol. The Hall–Kier alpha value is -1.35. The highest BCUT2D eigenvalue weighted by Crippen LogP contribution is 2.34. The molecule has 1 aliphatic heterocycles. The normalized spacial score (nSPS) is 19.6. The first-order valence-electron chi connectivity index (χ1n) is 6.86. The van der Waals surface area contributed by atoms with E-state index in [2.05, 4.69) is 35.0 Å². The van der Waals surface area contributed by atoms with Crippen LogP contribution in [0.2, 0.25) is 5.15 Å². The average Bonchev–Trinajstić information content (AvgIpc) is 2.89. The van der Waals surface area contributed by atoms with Gasteiger partial charge in [-0.05, 0) is 18.8 Å². The van der Waals surface area contributed by atoms with Crippen molar-refractivity contribution in [1.82, 2.24) is 10.2 Å². The molecule has 0 spiro atoms. The van der Waals surface area contributed by atoms with Crippen LogP contribution in [0.4, 0.5) is 5.82 Å². The average molecular weight is 276 g/mol. The first-order valence-corrected chi connectivity index (χ1v) is 7.24. The second-order valence-corrected chi connectivity index (χ2v) is 5.87. The molecule has 19 heavy (non-hydrogen) atoms. The summed E-state index contributed by atoms with van der Waals surface area (Å²) in [4.78, 5) is 2.40. The van der Waals surface area contributed by atoms with Gasteiger partial charge in [0.1, 0.15) is 0 Å². The number of rotatable bonds is 2. The molecule has 1 aromatic carbocycles. The van der Waals surface area contributed by atoms with Crippen LogP contribution in [0.25, 0.3) is 10.8 Å². The highest BCUT2D eigenvalue weighted by Gasteiger charge is 2.29. The molecule has 1 aliphatic rings. The Morgan fingerprint density at radius 3 is 2.68 bits per heavy atom. The zero-order valence-electron chi connectivity index (χ0n) is 11.3. The molecular formula is C15H18ClN3. The topological polar surface area (TPSA) is 29.0 Å². The van der Waals surface area contributed by atoms with Crippen molar-refractivity contribution in [3.05, 3.63) is 29.4 Å². The van der Waals surface area contributed by atoms with Crippen molar-refractivity contribution >= 4 is 28.2 Å². The van der Waals surface area contributed by atoms with E-state index in [1.54, 1.807) is 0 Å². The molecule has 0 N–H and O–H groups in total. The number of halogens is 1. The molecule has 1 unspecified atom stereocenters. The second-order valence-electron chi connectivity index (χ2n) is 5.51. The van der Waals surface area contributed by atoms with Crippen LogP contribution in [0.15, 0.2) is 24.3 Å². The van der Waals surface area contributed by atoms with Crippen LogP contribution in [-0.4, -0.2) is 22.8 Å². The van der Waals surface area contributed by atoms with Crippen LogP contribution < -0.4 is 4.90 Å². The van der Waals surface area contributed by atoms with Gasteiger partial charge in [0.15, 0.2) is 11.0 Å². The van der Waals surface area contributed by atoms with Crippen molar-refractivity contribution in [2.24, 2.45) is 5.92 Å². The zero-order valence-corrected chi connectivity index (χ0v) is 12.1. The van der Waals surface area contributed by atoms with Gasteiger partial charge in [0.2, 0.25) is 0 Å². The second kappa shape index (κ2) is 4.97. The minimum absolute atomic E-state index is 0.486. The Morgan fingerprint density at radius 1 is 1.21 bits per heavy atom. The summed E-state index contributed by atoms with van der Waals surface area (Å²) in [6.07, 6.45) is 2.46. The summed E-state index contributed by atoms with van der Waals surface area (Å²) in [7, 11) is 0. The number of benzene rings is 1. The molecule has 2 aromatic rings. The third-order valence-corrected chi connectivity index (χ3v) is 4.24. The van der Waals surface area contributed by atoms with E-state index in [9.17, 15) is 0 Å². The summed E-state index contributed by atoms with van der Waals surface area (Å²) in [6, 6.07) is 8.67. The van der Waals surface area contributed by atoms with E-state index < -0.39 is 0 Å². The minimum atomic E-state index is 0.486. The van der Waals surface area contributed by atoms with Gasteiger partial charge in [0.05, 0.1) is 0 Å². The highest BCUT2D eigenvalue weighted by atomic mass is 35.5. The lowest BCUT2D eigenvalue weighted by atomic mass is 10.0. The fourth-order valence-corrected chi connectivity index (χ4v) is 3.22. The maximum absolute atomic E-state index is 6.14. The molecule has 0 amide bonds. The quantitative estimate of drug-likeness (QED) is 0.832. The Kier molecular flexibility index (Phi) is 3.31. The van der Waals surface area contributed by atoms with Gasteiger partial charge in [-0.25, -0.2) is 0 Å². The van der Waals surface area contributed by atoms with E-state index >= 15 is 0 Å². The standard InChI is InChI=1S/C15H18ClN3/c1-10(2)13-8-5-9-19(13)15-12-7-4-3-6-11(12)14(16)17-18-15/h3-4,6-7,10,13H,5,8-9H2,1-2H3. The van der Waals surface area contributed by atoms with Crippen molar-refractivity contribution in [3.8, 4) is 0 Å². The van der Waals surface area contributed by atoms with Gasteiger partial charge in [-0.3, -0.25) is 0 Å². The predicted molar refractivity (Wildman–Crippen MR) is 79.8 cm³/mol. The van der Waals surface area contributed by atoms with Gasteiger partial charge in [-0.15, -0.1) is 10.2 Å². The maximum atomic E-state index is 6.14. The zero-order chi connectivity index (χ0) is 13.4. The van der Waals surface area contributed by atoms with Crippen molar-refractivity contribution in [3.63, 3.8) is 0 Å². The molecule has 0 aliphatic carbocycles. The van der Waals surface area contributed by atoms with Gasteiger partial charge in [-0.2, -0.15) is 0 Å². The molecule has 1 fully saturated rings. The van der Waals surface area contributed by atoms with Gasteiger partial charge in [0.25, 0.3) is 0 Å². The SMILES string of the molecule is CC(C)C1CCCN1c1nnc(Cl)c2ccccc12. The molecule has 3 nitrogen and oxygen atoms in total. The molecule has 100 valence electrons. The number of hydrogen-bond acceptors (Lipinski definition) is 3. The van der Waals surface area contributed by atoms with Crippen molar-refractivity contribution in [2.75, 3.05) is 11.4 Å². The molecule has 4 heteroatoms. The molecule has 0 saturated carbocycles. The molecule has 1 aromatic heterocycles. The van der Waals surface area contributed by atoms with E-state index in [4.69, 9.17) is 11.6 Å². The Labute approximate surface area is 118 Å². The lowest BCUT2D eigenvalue weighted by molar-refractivity contribution is 0.489. The minimum Gasteiger partial charge on any atom is -0.351 e. The summed E-state index contributed by atoms with van der Waals surface area (Å²) < 4.78 is 0. The van der Waals surface area contributed by atoms with Crippen LogP contribution in [0.1, 0.15) is 26.7 Å². The Balaban J connectivity index is 2.13. The third kappa shape index (κ3) is 2.16. The van der Waals surface area contributed by atoms with Crippen LogP contribution in [0.3, 0.4) is 0 Å². The highest BCUT2D eigenvalue weighted by molar-refractivity contribution is 6.34. The first-order chi connectivity index (χ1) is 9.18. The Morgan fingerprint density at radius 2 is 1.95 bits per heavy atom. The predicted octanol–water partition coefficient (Wildman–Crippen LogP) is 3.91. The summed E-state index contributed by atoms with van der Waals surface area (Å²) in [5.74, 6) is 1.61. The number of anilines is 1. The maximum Gasteiger partial charge on any atom is 0.159 e. The monoisotopic (exact) mass is 275 g/mol. The van der Waals surface area contributed by atoms with Crippen LogP contribution in [0, 0.1) is 5.92 Å². The molecule has 0 bridgehead atoms. The lowest BCUT2D eigenvalue weighted by Gasteiger charge is -2.29. The summed E-state index contributed by atoms with van der Waals surface area (Å²) in [5, 5.41) is 11.1. The van der Waals surface area contributed by atoms with E-state index in [1.807, 2.05) is 18.2 Å². The molecule has 1 atom stereocenters. The summed E-state index contributed by atoms with van der Waals surface area (Å²) >= 11 is 6.14. The van der Waals surface area contributed by atoms with Crippen LogP contribution in [0.5, 0.6) is 0 Å². The van der Waals surface area contributed by atoms with Crippen molar-refractivity contribution < 1.29 is 0 Å². The van der Waals surface area contributed by atoms with E-state index in [-0.39, 0.29) is 0 Å². The molecule has 1 saturated heterocycles. The van der Waals surface area contributed by atoms with Gasteiger partial charge < -0.3 is 4.90 Å². The van der Waals surface area contributed by atoms with Crippen LogP contribution in [-0.2, 0) is 0 Å². The number of aromatic nitrogens is 2. The molecule has 0 radical (unpaired) electrons. The first kappa shape index (κ1) is 12.7. The van der Waals surface area contributed by atoms with Gasteiger partial charge in [0, 0.05) is 23.4 Å². The van der Waals surface area contributed by atoms with E-state index in [0.717, 1.165) is 23.1 Å². The summed E-state index contributed by atoms with van der Waals surface area (Å²) in [6.45, 7) is 5.60. The fourth-order valence-electron chi connectivity index (χ4n) is 3.02. The van der Waals surface area contributed by atoms with Crippen molar-refractivity contribution in [2.45, 2.75) is 32.7 Å². The third-order valence-electron chi connectivity index (χ3n) is 3.96. The van der Waals surface area contributed by atoms with Gasteiger partial charge in [-0.1, -0.05) is 49.7 Å². The smallest absolute Gasteiger partial charge is 0.159 e. The Bertz CT molecular complexity index is 597. The fraction of sp³-hybridized carbons (Fsp3) is 0.467.